The summed E-state index contributed by atoms with van der Waals surface area (Å²) in [5.74, 6) is 0. The molecule has 0 atom stereocenters. The molecule has 1 heterocycles. The van der Waals surface area contributed by atoms with Crippen molar-refractivity contribution in [1.82, 2.24) is 15.1 Å². The summed E-state index contributed by atoms with van der Waals surface area (Å²) in [5, 5.41) is 8.29. The molecule has 0 amide bonds. The minimum absolute atomic E-state index is 0.745. The molecule has 0 aliphatic carbocycles. The fourth-order valence-corrected chi connectivity index (χ4v) is 2.26. The van der Waals surface area contributed by atoms with Crippen LogP contribution in [-0.2, 0) is 20.0 Å². The van der Waals surface area contributed by atoms with Crippen LogP contribution >= 0.6 is 27.5 Å². The van der Waals surface area contributed by atoms with Gasteiger partial charge in [0.05, 0.1) is 11.2 Å². The Morgan fingerprint density at radius 3 is 2.89 bits per heavy atom. The van der Waals surface area contributed by atoms with Crippen molar-refractivity contribution in [3.05, 3.63) is 51.2 Å². The molecule has 0 saturated heterocycles. The molecule has 2 rings (SSSR count). The third kappa shape index (κ3) is 3.83. The molecule has 96 valence electrons. The fraction of sp³-hybridized carbons (Fsp3) is 0.308. The number of aromatic nitrogens is 2. The SMILES string of the molecule is Cn1cc(CCNCc2ccc(Cl)c(Br)c2)cn1. The Labute approximate surface area is 120 Å². The van der Waals surface area contributed by atoms with Crippen molar-refractivity contribution in [2.45, 2.75) is 13.0 Å². The number of aryl methyl sites for hydroxylation is 1. The summed E-state index contributed by atoms with van der Waals surface area (Å²) >= 11 is 9.37. The molecule has 0 unspecified atom stereocenters. The number of halogens is 2. The van der Waals surface area contributed by atoms with E-state index in [4.69, 9.17) is 11.6 Å². The summed E-state index contributed by atoms with van der Waals surface area (Å²) in [5.41, 5.74) is 2.47. The first-order valence-corrected chi connectivity index (χ1v) is 6.94. The zero-order chi connectivity index (χ0) is 13.0. The van der Waals surface area contributed by atoms with Crippen molar-refractivity contribution in [3.8, 4) is 0 Å². The van der Waals surface area contributed by atoms with Crippen molar-refractivity contribution in [2.75, 3.05) is 6.54 Å². The van der Waals surface area contributed by atoms with E-state index in [0.29, 0.717) is 0 Å². The average molecular weight is 329 g/mol. The molecule has 0 spiro atoms. The van der Waals surface area contributed by atoms with Gasteiger partial charge in [-0.15, -0.1) is 0 Å². The van der Waals surface area contributed by atoms with Crippen LogP contribution in [0.25, 0.3) is 0 Å². The summed E-state index contributed by atoms with van der Waals surface area (Å²) in [4.78, 5) is 0. The average Bonchev–Trinajstić information content (AvgIpc) is 2.75. The van der Waals surface area contributed by atoms with Crippen LogP contribution in [0, 0.1) is 0 Å². The molecule has 0 radical (unpaired) electrons. The maximum atomic E-state index is 5.95. The van der Waals surface area contributed by atoms with E-state index in [2.05, 4.69) is 26.3 Å². The molecule has 2 aromatic rings. The Balaban J connectivity index is 1.76. The number of rotatable bonds is 5. The van der Waals surface area contributed by atoms with Crippen molar-refractivity contribution in [1.29, 1.82) is 0 Å². The molecule has 1 N–H and O–H groups in total. The molecule has 18 heavy (non-hydrogen) atoms. The number of nitrogens with one attached hydrogen (secondary N) is 1. The first-order valence-electron chi connectivity index (χ1n) is 5.77. The predicted octanol–water partition coefficient (Wildman–Crippen LogP) is 3.17. The van der Waals surface area contributed by atoms with Gasteiger partial charge in [0.25, 0.3) is 0 Å². The van der Waals surface area contributed by atoms with E-state index in [-0.39, 0.29) is 0 Å². The number of hydrogen-bond acceptors (Lipinski definition) is 2. The van der Waals surface area contributed by atoms with Crippen LogP contribution in [0.3, 0.4) is 0 Å². The lowest BCUT2D eigenvalue weighted by atomic mass is 10.2. The number of benzene rings is 1. The molecular weight excluding hydrogens is 314 g/mol. The molecule has 3 nitrogen and oxygen atoms in total. The van der Waals surface area contributed by atoms with Gasteiger partial charge in [-0.2, -0.15) is 5.10 Å². The lowest BCUT2D eigenvalue weighted by molar-refractivity contribution is 0.686. The van der Waals surface area contributed by atoms with Gasteiger partial charge in [-0.05, 0) is 52.2 Å². The van der Waals surface area contributed by atoms with Crippen LogP contribution in [-0.4, -0.2) is 16.3 Å². The second-order valence-electron chi connectivity index (χ2n) is 4.20. The van der Waals surface area contributed by atoms with Gasteiger partial charge in [-0.1, -0.05) is 17.7 Å². The minimum Gasteiger partial charge on any atom is -0.312 e. The first-order chi connectivity index (χ1) is 8.65. The topological polar surface area (TPSA) is 29.9 Å². The molecule has 5 heteroatoms. The van der Waals surface area contributed by atoms with Gasteiger partial charge in [-0.3, -0.25) is 4.68 Å². The maximum absolute atomic E-state index is 5.95. The van der Waals surface area contributed by atoms with Crippen LogP contribution in [0.1, 0.15) is 11.1 Å². The lowest BCUT2D eigenvalue weighted by Crippen LogP contribution is -2.16. The largest absolute Gasteiger partial charge is 0.312 e. The van der Waals surface area contributed by atoms with E-state index in [9.17, 15) is 0 Å². The molecule has 0 fully saturated rings. The highest BCUT2D eigenvalue weighted by molar-refractivity contribution is 9.10. The summed E-state index contributed by atoms with van der Waals surface area (Å²) < 4.78 is 2.77. The highest BCUT2D eigenvalue weighted by atomic mass is 79.9. The molecule has 0 aliphatic heterocycles. The number of nitrogens with zero attached hydrogens (tertiary/aromatic N) is 2. The molecule has 1 aromatic carbocycles. The van der Waals surface area contributed by atoms with Gasteiger partial charge >= 0.3 is 0 Å². The summed E-state index contributed by atoms with van der Waals surface area (Å²) in [6.07, 6.45) is 4.93. The van der Waals surface area contributed by atoms with E-state index in [1.807, 2.05) is 42.3 Å². The summed E-state index contributed by atoms with van der Waals surface area (Å²) in [7, 11) is 1.93. The zero-order valence-corrected chi connectivity index (χ0v) is 12.5. The maximum Gasteiger partial charge on any atom is 0.0548 e. The van der Waals surface area contributed by atoms with E-state index in [0.717, 1.165) is 29.0 Å². The monoisotopic (exact) mass is 327 g/mol. The summed E-state index contributed by atoms with van der Waals surface area (Å²) in [6, 6.07) is 5.98. The van der Waals surface area contributed by atoms with E-state index in [1.165, 1.54) is 11.1 Å². The smallest absolute Gasteiger partial charge is 0.0548 e. The molecule has 0 saturated carbocycles. The second-order valence-corrected chi connectivity index (χ2v) is 5.46. The first kappa shape index (κ1) is 13.6. The summed E-state index contributed by atoms with van der Waals surface area (Å²) in [6.45, 7) is 1.78. The fourth-order valence-electron chi connectivity index (χ4n) is 1.72. The predicted molar refractivity (Wildman–Crippen MR) is 77.8 cm³/mol. The van der Waals surface area contributed by atoms with Crippen LogP contribution in [0.15, 0.2) is 35.1 Å². The Kier molecular flexibility index (Phi) is 4.80. The quantitative estimate of drug-likeness (QED) is 0.854. The molecular formula is C13H15BrClN3. The Morgan fingerprint density at radius 2 is 2.22 bits per heavy atom. The van der Waals surface area contributed by atoms with Gasteiger partial charge in [0.1, 0.15) is 0 Å². The minimum atomic E-state index is 0.745. The van der Waals surface area contributed by atoms with E-state index < -0.39 is 0 Å². The van der Waals surface area contributed by atoms with Crippen LogP contribution < -0.4 is 5.32 Å². The third-order valence-corrected chi connectivity index (χ3v) is 3.88. The Hall–Kier alpha value is -0.840. The lowest BCUT2D eigenvalue weighted by Gasteiger charge is -2.05. The molecule has 0 bridgehead atoms. The van der Waals surface area contributed by atoms with Crippen LogP contribution in [0.5, 0.6) is 0 Å². The zero-order valence-electron chi connectivity index (χ0n) is 10.2. The van der Waals surface area contributed by atoms with Crippen LogP contribution in [0.4, 0.5) is 0 Å². The van der Waals surface area contributed by atoms with Crippen molar-refractivity contribution in [3.63, 3.8) is 0 Å². The third-order valence-electron chi connectivity index (χ3n) is 2.66. The van der Waals surface area contributed by atoms with Gasteiger partial charge < -0.3 is 5.32 Å². The highest BCUT2D eigenvalue weighted by Crippen LogP contribution is 2.23. The van der Waals surface area contributed by atoms with Crippen molar-refractivity contribution in [2.24, 2.45) is 7.05 Å². The van der Waals surface area contributed by atoms with Crippen LogP contribution in [0.2, 0.25) is 5.02 Å². The van der Waals surface area contributed by atoms with Gasteiger partial charge in [0.2, 0.25) is 0 Å². The van der Waals surface area contributed by atoms with E-state index in [1.54, 1.807) is 0 Å². The number of hydrogen-bond donors (Lipinski definition) is 1. The van der Waals surface area contributed by atoms with Gasteiger partial charge in [0.15, 0.2) is 0 Å². The Morgan fingerprint density at radius 1 is 1.39 bits per heavy atom. The molecule has 1 aromatic heterocycles. The molecule has 0 aliphatic rings. The van der Waals surface area contributed by atoms with Gasteiger partial charge in [0, 0.05) is 24.3 Å². The van der Waals surface area contributed by atoms with Gasteiger partial charge in [-0.25, -0.2) is 0 Å². The normalized spacial score (nSPS) is 10.8. The highest BCUT2D eigenvalue weighted by Gasteiger charge is 1.99. The Bertz CT molecular complexity index is 525. The standard InChI is InChI=1S/C13H15BrClN3/c1-18-9-11(8-17-18)4-5-16-7-10-2-3-13(15)12(14)6-10/h2-3,6,8-9,16H,4-5,7H2,1H3. The van der Waals surface area contributed by atoms with E-state index >= 15 is 0 Å². The van der Waals surface area contributed by atoms with Crippen molar-refractivity contribution < 1.29 is 0 Å². The van der Waals surface area contributed by atoms with Crippen molar-refractivity contribution >= 4 is 27.5 Å². The second kappa shape index (κ2) is 6.36.